The monoisotopic (exact) mass is 193 g/mol. The molecule has 0 saturated heterocycles. The van der Waals surface area contributed by atoms with E-state index in [9.17, 15) is 0 Å². The summed E-state index contributed by atoms with van der Waals surface area (Å²) in [5.41, 5.74) is 10.3. The second kappa shape index (κ2) is 8.36. The Balaban J connectivity index is 3.60. The molecule has 0 amide bonds. The van der Waals surface area contributed by atoms with Crippen LogP contribution in [0.15, 0.2) is 0 Å². The number of rotatable bonds is 8. The van der Waals surface area contributed by atoms with E-state index < -0.39 is 6.10 Å². The van der Waals surface area contributed by atoms with E-state index in [1.54, 1.807) is 11.8 Å². The zero-order chi connectivity index (χ0) is 10.1. The third-order valence-corrected chi connectivity index (χ3v) is 1.31. The second-order valence-electron chi connectivity index (χ2n) is 2.70. The summed E-state index contributed by atoms with van der Waals surface area (Å²) in [6.45, 7) is 3.14. The zero-order valence-corrected chi connectivity index (χ0v) is 7.98. The zero-order valence-electron chi connectivity index (χ0n) is 7.98. The van der Waals surface area contributed by atoms with Crippen LogP contribution in [0.1, 0.15) is 6.92 Å². The van der Waals surface area contributed by atoms with Crippen molar-refractivity contribution >= 4 is 0 Å². The Morgan fingerprint density at radius 2 is 1.69 bits per heavy atom. The van der Waals surface area contributed by atoms with Crippen LogP contribution in [0.3, 0.4) is 0 Å². The number of ether oxygens (including phenoxy) is 2. The lowest BCUT2D eigenvalue weighted by Gasteiger charge is -2.22. The number of hydrogen-bond donors (Lipinski definition) is 3. The van der Waals surface area contributed by atoms with E-state index in [0.717, 1.165) is 0 Å². The van der Waals surface area contributed by atoms with Gasteiger partial charge in [-0.3, -0.25) is 4.90 Å². The molecule has 0 heterocycles. The van der Waals surface area contributed by atoms with Crippen molar-refractivity contribution in [1.82, 2.24) is 4.90 Å². The summed E-state index contributed by atoms with van der Waals surface area (Å²) in [5, 5.41) is 9.11. The summed E-state index contributed by atoms with van der Waals surface area (Å²) >= 11 is 0. The van der Waals surface area contributed by atoms with Gasteiger partial charge in [0.2, 0.25) is 0 Å². The molecule has 0 rings (SSSR count). The van der Waals surface area contributed by atoms with Gasteiger partial charge in [0.05, 0.1) is 19.6 Å². The van der Waals surface area contributed by atoms with E-state index in [4.69, 9.17) is 26.0 Å². The van der Waals surface area contributed by atoms with Gasteiger partial charge in [-0.1, -0.05) is 0 Å². The highest BCUT2D eigenvalue weighted by Crippen LogP contribution is 1.92. The molecule has 0 aliphatic carbocycles. The minimum Gasteiger partial charge on any atom is -0.392 e. The normalized spacial score (nSPS) is 13.6. The summed E-state index contributed by atoms with van der Waals surface area (Å²) in [6, 6.07) is 0. The van der Waals surface area contributed by atoms with Crippen molar-refractivity contribution in [2.24, 2.45) is 11.5 Å². The molecule has 1 atom stereocenters. The number of nitrogens with zero attached hydrogens (tertiary/aromatic N) is 1. The fourth-order valence-corrected chi connectivity index (χ4v) is 0.880. The Morgan fingerprint density at radius 3 is 2.00 bits per heavy atom. The van der Waals surface area contributed by atoms with Gasteiger partial charge in [-0.15, -0.1) is 0 Å². The number of aliphatic hydroxyl groups is 1. The number of hydrogen-bond acceptors (Lipinski definition) is 6. The Labute approximate surface area is 78.4 Å². The van der Waals surface area contributed by atoms with Gasteiger partial charge in [0, 0.05) is 6.54 Å². The summed E-state index contributed by atoms with van der Waals surface area (Å²) in [7, 11) is 0. The first-order chi connectivity index (χ1) is 6.20. The molecule has 6 heteroatoms. The van der Waals surface area contributed by atoms with Crippen LogP contribution in [0.2, 0.25) is 0 Å². The first kappa shape index (κ1) is 12.8. The van der Waals surface area contributed by atoms with Crippen molar-refractivity contribution in [2.45, 2.75) is 13.0 Å². The number of nitrogens with two attached hydrogens (primary N) is 2. The molecule has 13 heavy (non-hydrogen) atoms. The van der Waals surface area contributed by atoms with Crippen LogP contribution in [-0.4, -0.2) is 49.6 Å². The van der Waals surface area contributed by atoms with Gasteiger partial charge < -0.3 is 26.0 Å². The molecule has 0 aromatic carbocycles. The average Bonchev–Trinajstić information content (AvgIpc) is 2.09. The molecule has 5 N–H and O–H groups in total. The molecule has 0 aliphatic heterocycles. The highest BCUT2D eigenvalue weighted by atomic mass is 16.5. The molecule has 80 valence electrons. The van der Waals surface area contributed by atoms with Crippen LogP contribution in [-0.2, 0) is 9.47 Å². The molecule has 6 nitrogen and oxygen atoms in total. The molecule has 0 aromatic heterocycles. The van der Waals surface area contributed by atoms with Crippen molar-refractivity contribution in [3.05, 3.63) is 0 Å². The van der Waals surface area contributed by atoms with Crippen molar-refractivity contribution in [2.75, 3.05) is 33.5 Å². The van der Waals surface area contributed by atoms with Gasteiger partial charge in [-0.2, -0.15) is 0 Å². The fraction of sp³-hybridized carbons (Fsp3) is 1.00. The SMILES string of the molecule is CC(O)CN(COCN)COCN. The average molecular weight is 193 g/mol. The summed E-state index contributed by atoms with van der Waals surface area (Å²) in [6.07, 6.45) is -0.428. The lowest BCUT2D eigenvalue weighted by Crippen LogP contribution is -2.36. The smallest absolute Gasteiger partial charge is 0.103 e. The van der Waals surface area contributed by atoms with Crippen molar-refractivity contribution < 1.29 is 14.6 Å². The van der Waals surface area contributed by atoms with Crippen molar-refractivity contribution in [3.63, 3.8) is 0 Å². The first-order valence-electron chi connectivity index (χ1n) is 4.16. The summed E-state index contributed by atoms with van der Waals surface area (Å²) < 4.78 is 9.93. The van der Waals surface area contributed by atoms with Crippen LogP contribution in [0.5, 0.6) is 0 Å². The van der Waals surface area contributed by atoms with E-state index in [1.165, 1.54) is 0 Å². The van der Waals surface area contributed by atoms with E-state index in [0.29, 0.717) is 20.0 Å². The molecular formula is C7H19N3O3. The first-order valence-corrected chi connectivity index (χ1v) is 4.16. The standard InChI is InChI=1S/C7H19N3O3/c1-7(11)2-10(5-12-3-8)6-13-4-9/h7,11H,2-6,8-9H2,1H3. The Hall–Kier alpha value is -0.240. The van der Waals surface area contributed by atoms with Gasteiger partial charge in [0.1, 0.15) is 13.5 Å². The Bertz CT molecular complexity index is 105. The van der Waals surface area contributed by atoms with Crippen LogP contribution in [0.25, 0.3) is 0 Å². The summed E-state index contributed by atoms with van der Waals surface area (Å²) in [5.74, 6) is 0. The Morgan fingerprint density at radius 1 is 1.23 bits per heavy atom. The van der Waals surface area contributed by atoms with Crippen molar-refractivity contribution in [1.29, 1.82) is 0 Å². The molecule has 0 saturated carbocycles. The van der Waals surface area contributed by atoms with Gasteiger partial charge >= 0.3 is 0 Å². The molecule has 0 aliphatic rings. The van der Waals surface area contributed by atoms with Gasteiger partial charge in [0.25, 0.3) is 0 Å². The van der Waals surface area contributed by atoms with E-state index in [-0.39, 0.29) is 13.5 Å². The van der Waals surface area contributed by atoms with Gasteiger partial charge in [-0.05, 0) is 6.92 Å². The highest BCUT2D eigenvalue weighted by molar-refractivity contribution is 4.53. The topological polar surface area (TPSA) is 94.0 Å². The number of aliphatic hydroxyl groups excluding tert-OH is 1. The van der Waals surface area contributed by atoms with Crippen LogP contribution < -0.4 is 11.5 Å². The third-order valence-electron chi connectivity index (χ3n) is 1.31. The molecule has 0 bridgehead atoms. The molecular weight excluding hydrogens is 174 g/mol. The predicted octanol–water partition coefficient (Wildman–Crippen LogP) is -1.55. The maximum absolute atomic E-state index is 9.11. The van der Waals surface area contributed by atoms with Crippen molar-refractivity contribution in [3.8, 4) is 0 Å². The van der Waals surface area contributed by atoms with Crippen LogP contribution in [0.4, 0.5) is 0 Å². The fourth-order valence-electron chi connectivity index (χ4n) is 0.880. The van der Waals surface area contributed by atoms with E-state index in [2.05, 4.69) is 0 Å². The second-order valence-corrected chi connectivity index (χ2v) is 2.70. The maximum Gasteiger partial charge on any atom is 0.103 e. The lowest BCUT2D eigenvalue weighted by molar-refractivity contribution is -0.0569. The molecule has 0 radical (unpaired) electrons. The largest absolute Gasteiger partial charge is 0.392 e. The van der Waals surface area contributed by atoms with E-state index in [1.807, 2.05) is 0 Å². The van der Waals surface area contributed by atoms with Gasteiger partial charge in [-0.25, -0.2) is 0 Å². The predicted molar refractivity (Wildman–Crippen MR) is 48.4 cm³/mol. The molecule has 0 aromatic rings. The maximum atomic E-state index is 9.11. The highest BCUT2D eigenvalue weighted by Gasteiger charge is 2.07. The quantitative estimate of drug-likeness (QED) is 0.404. The summed E-state index contributed by atoms with van der Waals surface area (Å²) in [4.78, 5) is 1.77. The Kier molecular flexibility index (Phi) is 8.21. The van der Waals surface area contributed by atoms with E-state index >= 15 is 0 Å². The third kappa shape index (κ3) is 8.10. The van der Waals surface area contributed by atoms with Crippen LogP contribution in [0, 0.1) is 0 Å². The minimum atomic E-state index is -0.428. The lowest BCUT2D eigenvalue weighted by atomic mass is 10.4. The molecule has 0 spiro atoms. The molecule has 0 fully saturated rings. The van der Waals surface area contributed by atoms with Crippen LogP contribution >= 0.6 is 0 Å². The minimum absolute atomic E-state index is 0.152. The molecule has 1 unspecified atom stereocenters. The van der Waals surface area contributed by atoms with Gasteiger partial charge in [0.15, 0.2) is 0 Å².